The molecule has 0 aliphatic carbocycles. The second-order valence-corrected chi connectivity index (χ2v) is 3.11. The van der Waals surface area contributed by atoms with Crippen LogP contribution < -0.4 is 0 Å². The zero-order valence-corrected chi connectivity index (χ0v) is 8.79. The second kappa shape index (κ2) is 5.28. The Kier molecular flexibility index (Phi) is 3.99. The van der Waals surface area contributed by atoms with E-state index in [1.807, 2.05) is 19.1 Å². The van der Waals surface area contributed by atoms with Crippen molar-refractivity contribution in [3.8, 4) is 0 Å². The van der Waals surface area contributed by atoms with Gasteiger partial charge in [0.2, 0.25) is 0 Å². The summed E-state index contributed by atoms with van der Waals surface area (Å²) in [6.07, 6.45) is 5.62. The molecule has 1 nitrogen and oxygen atoms in total. The fourth-order valence-corrected chi connectivity index (χ4v) is 1.37. The van der Waals surface area contributed by atoms with E-state index in [1.165, 1.54) is 23.0 Å². The van der Waals surface area contributed by atoms with Gasteiger partial charge in [-0.2, -0.15) is 0 Å². The lowest BCUT2D eigenvalue weighted by molar-refractivity contribution is 0.237. The van der Waals surface area contributed by atoms with Gasteiger partial charge in [0, 0.05) is 0 Å². The molecule has 14 heavy (non-hydrogen) atoms. The first-order valence-electron chi connectivity index (χ1n) is 4.73. The summed E-state index contributed by atoms with van der Waals surface area (Å²) in [5.41, 5.74) is 3.73. The molecule has 0 heterocycles. The van der Waals surface area contributed by atoms with Crippen molar-refractivity contribution in [2.45, 2.75) is 20.5 Å². The lowest BCUT2D eigenvalue weighted by Gasteiger charge is -2.07. The van der Waals surface area contributed by atoms with Gasteiger partial charge < -0.3 is 4.74 Å². The van der Waals surface area contributed by atoms with Crippen molar-refractivity contribution in [3.63, 3.8) is 0 Å². The number of rotatable bonds is 4. The zero-order valence-electron chi connectivity index (χ0n) is 8.79. The minimum atomic E-state index is 0.598. The maximum atomic E-state index is 5.17. The Labute approximate surface area is 85.7 Å². The number of allylic oxidation sites excluding steroid dienone is 1. The van der Waals surface area contributed by atoms with Crippen LogP contribution in [-0.4, -0.2) is 0 Å². The zero-order chi connectivity index (χ0) is 10.4. The molecule has 1 rings (SSSR count). The lowest BCUT2D eigenvalue weighted by Crippen LogP contribution is -1.92. The van der Waals surface area contributed by atoms with Crippen LogP contribution in [0.25, 0.3) is 6.08 Å². The Hall–Kier alpha value is -1.50. The summed E-state index contributed by atoms with van der Waals surface area (Å²) in [6, 6.07) is 6.22. The van der Waals surface area contributed by atoms with E-state index >= 15 is 0 Å². The summed E-state index contributed by atoms with van der Waals surface area (Å²) in [6.45, 7) is 8.25. The number of hydrogen-bond acceptors (Lipinski definition) is 1. The first-order valence-corrected chi connectivity index (χ1v) is 4.73. The Morgan fingerprint density at radius 2 is 2.21 bits per heavy atom. The van der Waals surface area contributed by atoms with Crippen LogP contribution in [0.5, 0.6) is 0 Å². The molecule has 0 saturated heterocycles. The third-order valence-corrected chi connectivity index (χ3v) is 2.19. The maximum Gasteiger partial charge on any atom is 0.113 e. The lowest BCUT2D eigenvalue weighted by atomic mass is 10.0. The minimum Gasteiger partial charge on any atom is -0.497 e. The van der Waals surface area contributed by atoms with E-state index < -0.39 is 0 Å². The highest BCUT2D eigenvalue weighted by molar-refractivity contribution is 5.55. The molecule has 1 aromatic carbocycles. The highest BCUT2D eigenvalue weighted by Crippen LogP contribution is 2.16. The van der Waals surface area contributed by atoms with Crippen LogP contribution in [0, 0.1) is 6.92 Å². The Morgan fingerprint density at radius 1 is 1.43 bits per heavy atom. The van der Waals surface area contributed by atoms with Crippen LogP contribution >= 0.6 is 0 Å². The fraction of sp³-hybridized carbons (Fsp3) is 0.231. The summed E-state index contributed by atoms with van der Waals surface area (Å²) >= 11 is 0. The molecule has 0 unspecified atom stereocenters. The van der Waals surface area contributed by atoms with Gasteiger partial charge in [-0.1, -0.05) is 36.9 Å². The van der Waals surface area contributed by atoms with Crippen molar-refractivity contribution in [3.05, 3.63) is 53.8 Å². The molecule has 0 spiro atoms. The molecule has 0 aromatic heterocycles. The molecule has 0 saturated carbocycles. The smallest absolute Gasteiger partial charge is 0.113 e. The highest BCUT2D eigenvalue weighted by Gasteiger charge is 2.00. The van der Waals surface area contributed by atoms with Gasteiger partial charge in [0.05, 0.1) is 6.26 Å². The van der Waals surface area contributed by atoms with Gasteiger partial charge in [0.25, 0.3) is 0 Å². The number of hydrogen-bond donors (Lipinski definition) is 0. The van der Waals surface area contributed by atoms with Crippen molar-refractivity contribution in [2.75, 3.05) is 0 Å². The van der Waals surface area contributed by atoms with Crippen molar-refractivity contribution >= 4 is 6.08 Å². The Balaban J connectivity index is 2.94. The van der Waals surface area contributed by atoms with Gasteiger partial charge in [-0.25, -0.2) is 0 Å². The molecule has 0 bridgehead atoms. The molecule has 1 heteroatoms. The van der Waals surface area contributed by atoms with Crippen LogP contribution in [0.4, 0.5) is 0 Å². The monoisotopic (exact) mass is 188 g/mol. The predicted molar refractivity (Wildman–Crippen MR) is 60.9 cm³/mol. The summed E-state index contributed by atoms with van der Waals surface area (Å²) in [4.78, 5) is 0. The van der Waals surface area contributed by atoms with Crippen molar-refractivity contribution in [2.24, 2.45) is 0 Å². The average Bonchev–Trinajstić information content (AvgIpc) is 2.20. The largest absolute Gasteiger partial charge is 0.497 e. The molecule has 1 aromatic rings. The molecule has 0 aliphatic rings. The second-order valence-electron chi connectivity index (χ2n) is 3.11. The Morgan fingerprint density at radius 3 is 2.86 bits per heavy atom. The third kappa shape index (κ3) is 2.49. The molecule has 0 N–H and O–H groups in total. The van der Waals surface area contributed by atoms with Crippen molar-refractivity contribution in [1.82, 2.24) is 0 Å². The van der Waals surface area contributed by atoms with E-state index in [-0.39, 0.29) is 0 Å². The van der Waals surface area contributed by atoms with E-state index in [2.05, 4.69) is 31.7 Å². The quantitative estimate of drug-likeness (QED) is 0.655. The molecule has 0 radical (unpaired) electrons. The van der Waals surface area contributed by atoms with Crippen LogP contribution in [0.3, 0.4) is 0 Å². The molecule has 0 amide bonds. The van der Waals surface area contributed by atoms with E-state index in [0.29, 0.717) is 6.61 Å². The SMILES string of the molecule is C=COCc1cccc(/C=C\C)c1C. The summed E-state index contributed by atoms with van der Waals surface area (Å²) in [5, 5.41) is 0. The average molecular weight is 188 g/mol. The molecule has 0 aliphatic heterocycles. The topological polar surface area (TPSA) is 9.23 Å². The van der Waals surface area contributed by atoms with Gasteiger partial charge >= 0.3 is 0 Å². The maximum absolute atomic E-state index is 5.17. The summed E-state index contributed by atoms with van der Waals surface area (Å²) in [7, 11) is 0. The van der Waals surface area contributed by atoms with E-state index in [9.17, 15) is 0 Å². The van der Waals surface area contributed by atoms with Crippen LogP contribution in [0.1, 0.15) is 23.6 Å². The van der Waals surface area contributed by atoms with Gasteiger partial charge in [0.1, 0.15) is 6.61 Å². The first kappa shape index (κ1) is 10.6. The standard InChI is InChI=1S/C13H16O/c1-4-7-12-8-6-9-13(11(12)3)10-14-5-2/h4-9H,2,10H2,1,3H3/b7-4-. The molecule has 74 valence electrons. The highest BCUT2D eigenvalue weighted by atomic mass is 16.5. The van der Waals surface area contributed by atoms with Crippen molar-refractivity contribution < 1.29 is 4.74 Å². The molecular weight excluding hydrogens is 172 g/mol. The number of ether oxygens (including phenoxy) is 1. The summed E-state index contributed by atoms with van der Waals surface area (Å²) < 4.78 is 5.17. The van der Waals surface area contributed by atoms with Gasteiger partial charge in [-0.15, -0.1) is 0 Å². The summed E-state index contributed by atoms with van der Waals surface area (Å²) in [5.74, 6) is 0. The predicted octanol–water partition coefficient (Wildman–Crippen LogP) is 3.69. The van der Waals surface area contributed by atoms with Crippen LogP contribution in [-0.2, 0) is 11.3 Å². The van der Waals surface area contributed by atoms with E-state index in [0.717, 1.165) is 0 Å². The normalized spacial score (nSPS) is 10.4. The molecular formula is C13H16O. The van der Waals surface area contributed by atoms with Gasteiger partial charge in [0.15, 0.2) is 0 Å². The van der Waals surface area contributed by atoms with Gasteiger partial charge in [-0.3, -0.25) is 0 Å². The van der Waals surface area contributed by atoms with Crippen LogP contribution in [0.2, 0.25) is 0 Å². The van der Waals surface area contributed by atoms with Gasteiger partial charge in [-0.05, 0) is 30.5 Å². The van der Waals surface area contributed by atoms with E-state index in [4.69, 9.17) is 4.74 Å². The molecule has 0 atom stereocenters. The third-order valence-electron chi connectivity index (χ3n) is 2.19. The van der Waals surface area contributed by atoms with Crippen LogP contribution in [0.15, 0.2) is 37.1 Å². The minimum absolute atomic E-state index is 0.598. The molecule has 0 fully saturated rings. The van der Waals surface area contributed by atoms with E-state index in [1.54, 1.807) is 0 Å². The fourth-order valence-electron chi connectivity index (χ4n) is 1.37. The Bertz CT molecular complexity index is 337. The first-order chi connectivity index (χ1) is 6.79. The van der Waals surface area contributed by atoms with Crippen molar-refractivity contribution in [1.29, 1.82) is 0 Å². The number of benzene rings is 1.